The van der Waals surface area contributed by atoms with Gasteiger partial charge in [-0.1, -0.05) is 12.1 Å². The quantitative estimate of drug-likeness (QED) is 0.506. The highest BCUT2D eigenvalue weighted by Crippen LogP contribution is 2.30. The van der Waals surface area contributed by atoms with E-state index in [9.17, 15) is 8.42 Å². The molecule has 4 aromatic rings. The summed E-state index contributed by atoms with van der Waals surface area (Å²) in [6.45, 7) is 1.81. The number of aryl methyl sites for hydroxylation is 1. The van der Waals surface area contributed by atoms with Crippen molar-refractivity contribution in [3.63, 3.8) is 0 Å². The summed E-state index contributed by atoms with van der Waals surface area (Å²) in [4.78, 5) is 0.0101. The number of fused-ring (bicyclic) bond motifs is 1. The van der Waals surface area contributed by atoms with Gasteiger partial charge in [0.05, 0.1) is 19.9 Å². The Bertz CT molecular complexity index is 1330. The second-order valence-corrected chi connectivity index (χ2v) is 8.09. The zero-order valence-corrected chi connectivity index (χ0v) is 17.3. The second-order valence-electron chi connectivity index (χ2n) is 6.44. The largest absolute Gasteiger partial charge is 0.497 e. The monoisotopic (exact) mass is 425 g/mol. The number of methoxy groups -OCH3 is 2. The highest BCUT2D eigenvalue weighted by molar-refractivity contribution is 7.92. The van der Waals surface area contributed by atoms with Crippen molar-refractivity contribution in [2.24, 2.45) is 0 Å². The third-order valence-electron chi connectivity index (χ3n) is 4.49. The number of hydrogen-bond donors (Lipinski definition) is 1. The summed E-state index contributed by atoms with van der Waals surface area (Å²) in [6.07, 6.45) is 0. The molecule has 2 aromatic carbocycles. The first kappa shape index (κ1) is 19.6. The molecule has 0 atom stereocenters. The normalized spacial score (nSPS) is 11.4. The van der Waals surface area contributed by atoms with Gasteiger partial charge in [-0.2, -0.15) is 9.61 Å². The van der Waals surface area contributed by atoms with Crippen LogP contribution in [0.3, 0.4) is 0 Å². The number of nitrogens with zero attached hydrogens (tertiary/aromatic N) is 4. The van der Waals surface area contributed by atoms with Crippen molar-refractivity contribution in [2.45, 2.75) is 11.8 Å². The van der Waals surface area contributed by atoms with Crippen LogP contribution in [0, 0.1) is 6.92 Å². The first-order chi connectivity index (χ1) is 14.4. The van der Waals surface area contributed by atoms with E-state index in [1.54, 1.807) is 34.8 Å². The number of ether oxygens (including phenoxy) is 2. The molecule has 1 N–H and O–H groups in total. The summed E-state index contributed by atoms with van der Waals surface area (Å²) in [6, 6.07) is 15.1. The lowest BCUT2D eigenvalue weighted by molar-refractivity contribution is 0.386. The molecule has 0 aliphatic rings. The Morgan fingerprint density at radius 1 is 0.967 bits per heavy atom. The lowest BCUT2D eigenvalue weighted by Crippen LogP contribution is -2.14. The van der Waals surface area contributed by atoms with E-state index < -0.39 is 10.0 Å². The van der Waals surface area contributed by atoms with Crippen LogP contribution in [0.1, 0.15) is 5.82 Å². The lowest BCUT2D eigenvalue weighted by atomic mass is 10.1. The average Bonchev–Trinajstić information content (AvgIpc) is 3.13. The summed E-state index contributed by atoms with van der Waals surface area (Å²) >= 11 is 0. The van der Waals surface area contributed by atoms with Gasteiger partial charge >= 0.3 is 0 Å². The fourth-order valence-electron chi connectivity index (χ4n) is 3.00. The van der Waals surface area contributed by atoms with Crippen LogP contribution in [0.2, 0.25) is 0 Å². The van der Waals surface area contributed by atoms with Crippen LogP contribution in [0.5, 0.6) is 11.5 Å². The standard InChI is InChI=1S/C20H19N5O4S/c1-13-21-22-20-10-8-17(23-25(13)20)14-5-4-6-15(11-14)24-30(26,27)19-9-7-16(28-2)12-18(19)29-3/h4-12,24H,1-3H3. The molecule has 0 radical (unpaired) electrons. The Morgan fingerprint density at radius 2 is 1.80 bits per heavy atom. The Kier molecular flexibility index (Phi) is 5.00. The van der Waals surface area contributed by atoms with Crippen molar-refractivity contribution in [1.82, 2.24) is 19.8 Å². The van der Waals surface area contributed by atoms with Gasteiger partial charge < -0.3 is 9.47 Å². The molecule has 0 spiro atoms. The topological polar surface area (TPSA) is 108 Å². The maximum absolute atomic E-state index is 12.9. The lowest BCUT2D eigenvalue weighted by Gasteiger charge is -2.13. The molecule has 0 amide bonds. The first-order valence-corrected chi connectivity index (χ1v) is 10.4. The van der Waals surface area contributed by atoms with Crippen LogP contribution in [-0.4, -0.2) is 42.4 Å². The van der Waals surface area contributed by atoms with Crippen molar-refractivity contribution in [2.75, 3.05) is 18.9 Å². The van der Waals surface area contributed by atoms with E-state index in [0.717, 1.165) is 5.56 Å². The molecule has 0 saturated heterocycles. The Morgan fingerprint density at radius 3 is 2.57 bits per heavy atom. The van der Waals surface area contributed by atoms with Crippen molar-refractivity contribution in [3.8, 4) is 22.8 Å². The molecule has 0 aliphatic carbocycles. The molecule has 10 heteroatoms. The molecule has 9 nitrogen and oxygen atoms in total. The number of anilines is 1. The number of nitrogens with one attached hydrogen (secondary N) is 1. The Labute approximate surface area is 173 Å². The third kappa shape index (κ3) is 3.64. The summed E-state index contributed by atoms with van der Waals surface area (Å²) in [5.41, 5.74) is 2.44. The fourth-order valence-corrected chi connectivity index (χ4v) is 4.20. The zero-order valence-electron chi connectivity index (χ0n) is 16.5. The molecular weight excluding hydrogens is 406 g/mol. The maximum Gasteiger partial charge on any atom is 0.265 e. The molecule has 0 saturated carbocycles. The van der Waals surface area contributed by atoms with Gasteiger partial charge in [0.2, 0.25) is 0 Å². The first-order valence-electron chi connectivity index (χ1n) is 8.95. The van der Waals surface area contributed by atoms with Gasteiger partial charge in [-0.15, -0.1) is 10.2 Å². The van der Waals surface area contributed by atoms with E-state index in [1.807, 2.05) is 19.1 Å². The molecule has 0 unspecified atom stereocenters. The fraction of sp³-hybridized carbons (Fsp3) is 0.150. The molecule has 30 heavy (non-hydrogen) atoms. The highest BCUT2D eigenvalue weighted by atomic mass is 32.2. The molecule has 2 heterocycles. The molecule has 0 fully saturated rings. The molecule has 0 aliphatic heterocycles. The van der Waals surface area contributed by atoms with Gasteiger partial charge in [-0.3, -0.25) is 4.72 Å². The van der Waals surface area contributed by atoms with Crippen LogP contribution in [0.15, 0.2) is 59.5 Å². The summed E-state index contributed by atoms with van der Waals surface area (Å²) in [5, 5.41) is 12.5. The van der Waals surface area contributed by atoms with Crippen LogP contribution in [0.25, 0.3) is 16.9 Å². The van der Waals surface area contributed by atoms with E-state index in [1.165, 1.54) is 26.4 Å². The maximum atomic E-state index is 12.9. The number of aromatic nitrogens is 4. The van der Waals surface area contributed by atoms with Gasteiger partial charge in [0.1, 0.15) is 16.4 Å². The predicted molar refractivity (Wildman–Crippen MR) is 111 cm³/mol. The minimum Gasteiger partial charge on any atom is -0.497 e. The Balaban J connectivity index is 1.68. The van der Waals surface area contributed by atoms with Crippen molar-refractivity contribution >= 4 is 21.4 Å². The number of sulfonamides is 1. The van der Waals surface area contributed by atoms with E-state index in [4.69, 9.17) is 9.47 Å². The molecule has 154 valence electrons. The van der Waals surface area contributed by atoms with Gasteiger partial charge in [0.25, 0.3) is 10.0 Å². The van der Waals surface area contributed by atoms with Gasteiger partial charge in [0.15, 0.2) is 11.5 Å². The SMILES string of the molecule is COc1ccc(S(=O)(=O)Nc2cccc(-c3ccc4nnc(C)n4n3)c2)c(OC)c1. The molecular formula is C20H19N5O4S. The van der Waals surface area contributed by atoms with Crippen LogP contribution in [-0.2, 0) is 10.0 Å². The summed E-state index contributed by atoms with van der Waals surface area (Å²) in [7, 11) is -0.983. The molecule has 2 aromatic heterocycles. The number of benzene rings is 2. The Hall–Kier alpha value is -3.66. The minimum atomic E-state index is -3.89. The van der Waals surface area contributed by atoms with Gasteiger partial charge in [-0.05, 0) is 43.3 Å². The average molecular weight is 425 g/mol. The van der Waals surface area contributed by atoms with E-state index in [0.29, 0.717) is 28.6 Å². The summed E-state index contributed by atoms with van der Waals surface area (Å²) in [5.74, 6) is 1.35. The van der Waals surface area contributed by atoms with Crippen LogP contribution >= 0.6 is 0 Å². The van der Waals surface area contributed by atoms with Crippen LogP contribution in [0.4, 0.5) is 5.69 Å². The number of rotatable bonds is 6. The van der Waals surface area contributed by atoms with Crippen molar-refractivity contribution < 1.29 is 17.9 Å². The molecule has 4 rings (SSSR count). The van der Waals surface area contributed by atoms with Crippen molar-refractivity contribution in [3.05, 3.63) is 60.4 Å². The van der Waals surface area contributed by atoms with E-state index in [-0.39, 0.29) is 10.6 Å². The van der Waals surface area contributed by atoms with Crippen LogP contribution < -0.4 is 14.2 Å². The zero-order chi connectivity index (χ0) is 21.3. The second kappa shape index (κ2) is 7.64. The number of hydrogen-bond acceptors (Lipinski definition) is 7. The van der Waals surface area contributed by atoms with Gasteiger partial charge in [-0.25, -0.2) is 8.42 Å². The summed E-state index contributed by atoms with van der Waals surface area (Å²) < 4.78 is 40.5. The predicted octanol–water partition coefficient (Wildman–Crippen LogP) is 2.92. The van der Waals surface area contributed by atoms with E-state index >= 15 is 0 Å². The third-order valence-corrected chi connectivity index (χ3v) is 5.91. The van der Waals surface area contributed by atoms with E-state index in [2.05, 4.69) is 20.0 Å². The molecule has 0 bridgehead atoms. The minimum absolute atomic E-state index is 0.0101. The smallest absolute Gasteiger partial charge is 0.265 e. The van der Waals surface area contributed by atoms with Crippen molar-refractivity contribution in [1.29, 1.82) is 0 Å². The van der Waals surface area contributed by atoms with Gasteiger partial charge in [0, 0.05) is 17.3 Å². The highest BCUT2D eigenvalue weighted by Gasteiger charge is 2.20.